The number of carboxylic acid groups (broad SMARTS) is 1. The summed E-state index contributed by atoms with van der Waals surface area (Å²) in [6, 6.07) is 0. The minimum atomic E-state index is -6.07. The SMILES string of the molecule is O=C(O)CONC(=O)C(F)(F)C(F)(F)F. The van der Waals surface area contributed by atoms with Crippen molar-refractivity contribution in [3.05, 3.63) is 0 Å². The molecule has 0 aromatic rings. The van der Waals surface area contributed by atoms with E-state index in [1.54, 1.807) is 0 Å². The van der Waals surface area contributed by atoms with Gasteiger partial charge >= 0.3 is 24.0 Å². The molecule has 0 aliphatic carbocycles. The third-order valence-electron chi connectivity index (χ3n) is 1.00. The molecule has 0 radical (unpaired) electrons. The van der Waals surface area contributed by atoms with E-state index in [9.17, 15) is 31.5 Å². The zero-order chi connectivity index (χ0) is 12.3. The monoisotopic (exact) mass is 237 g/mol. The van der Waals surface area contributed by atoms with Gasteiger partial charge in [-0.3, -0.25) is 9.63 Å². The summed E-state index contributed by atoms with van der Waals surface area (Å²) in [7, 11) is 0. The highest BCUT2D eigenvalue weighted by Gasteiger charge is 2.63. The molecule has 0 saturated carbocycles. The first-order valence-corrected chi connectivity index (χ1v) is 3.17. The van der Waals surface area contributed by atoms with Crippen LogP contribution in [0.5, 0.6) is 0 Å². The van der Waals surface area contributed by atoms with E-state index in [0.29, 0.717) is 5.48 Å². The van der Waals surface area contributed by atoms with Crippen molar-refractivity contribution in [2.45, 2.75) is 12.1 Å². The second-order valence-electron chi connectivity index (χ2n) is 2.19. The largest absolute Gasteiger partial charge is 0.479 e. The molecule has 2 N–H and O–H groups in total. The lowest BCUT2D eigenvalue weighted by atomic mass is 10.3. The van der Waals surface area contributed by atoms with Crippen molar-refractivity contribution in [2.24, 2.45) is 0 Å². The van der Waals surface area contributed by atoms with E-state index in [1.165, 1.54) is 0 Å². The van der Waals surface area contributed by atoms with Crippen LogP contribution < -0.4 is 5.48 Å². The van der Waals surface area contributed by atoms with Gasteiger partial charge in [-0.2, -0.15) is 22.0 Å². The summed E-state index contributed by atoms with van der Waals surface area (Å²) in [6.45, 7) is -1.24. The lowest BCUT2D eigenvalue weighted by molar-refractivity contribution is -0.273. The Balaban J connectivity index is 4.27. The number of carbonyl (C=O) groups is 2. The lowest BCUT2D eigenvalue weighted by Gasteiger charge is -2.17. The minimum absolute atomic E-state index is 0.671. The third kappa shape index (κ3) is 3.65. The van der Waals surface area contributed by atoms with Gasteiger partial charge < -0.3 is 5.11 Å². The van der Waals surface area contributed by atoms with Crippen molar-refractivity contribution < 1.29 is 41.5 Å². The zero-order valence-electron chi connectivity index (χ0n) is 6.77. The summed E-state index contributed by atoms with van der Waals surface area (Å²) in [6.07, 6.45) is -6.07. The van der Waals surface area contributed by atoms with E-state index in [0.717, 1.165) is 0 Å². The van der Waals surface area contributed by atoms with Gasteiger partial charge in [0.2, 0.25) is 0 Å². The van der Waals surface area contributed by atoms with Crippen LogP contribution in [-0.2, 0) is 14.4 Å². The van der Waals surface area contributed by atoms with Gasteiger partial charge in [0.05, 0.1) is 0 Å². The van der Waals surface area contributed by atoms with Crippen molar-refractivity contribution in [1.29, 1.82) is 0 Å². The van der Waals surface area contributed by atoms with Crippen LogP contribution >= 0.6 is 0 Å². The highest BCUT2D eigenvalue weighted by atomic mass is 19.4. The topological polar surface area (TPSA) is 75.6 Å². The van der Waals surface area contributed by atoms with Crippen molar-refractivity contribution >= 4 is 11.9 Å². The van der Waals surface area contributed by atoms with Crippen LogP contribution in [0, 0.1) is 0 Å². The number of alkyl halides is 5. The number of amides is 1. The van der Waals surface area contributed by atoms with Gasteiger partial charge in [0, 0.05) is 0 Å². The van der Waals surface area contributed by atoms with E-state index in [1.807, 2.05) is 0 Å². The fraction of sp³-hybridized carbons (Fsp3) is 0.600. The van der Waals surface area contributed by atoms with Gasteiger partial charge in [-0.15, -0.1) is 0 Å². The second-order valence-corrected chi connectivity index (χ2v) is 2.19. The van der Waals surface area contributed by atoms with Gasteiger partial charge in [-0.05, 0) is 0 Å². The molecule has 0 fully saturated rings. The summed E-state index contributed by atoms with van der Waals surface area (Å²) >= 11 is 0. The second kappa shape index (κ2) is 4.38. The lowest BCUT2D eigenvalue weighted by Crippen LogP contribution is -2.50. The Morgan fingerprint density at radius 2 is 1.67 bits per heavy atom. The highest BCUT2D eigenvalue weighted by Crippen LogP contribution is 2.35. The van der Waals surface area contributed by atoms with Gasteiger partial charge in [-0.1, -0.05) is 0 Å². The summed E-state index contributed by atoms with van der Waals surface area (Å²) in [4.78, 5) is 23.5. The molecule has 0 aromatic heterocycles. The number of hydrogen-bond donors (Lipinski definition) is 2. The van der Waals surface area contributed by atoms with Crippen LogP contribution in [0.1, 0.15) is 0 Å². The summed E-state index contributed by atoms with van der Waals surface area (Å²) in [5.41, 5.74) is 0.671. The maximum absolute atomic E-state index is 12.1. The molecule has 0 aliphatic rings. The first-order valence-electron chi connectivity index (χ1n) is 3.17. The summed E-state index contributed by atoms with van der Waals surface area (Å²) in [5.74, 6) is -10.1. The van der Waals surface area contributed by atoms with Crippen LogP contribution in [0.4, 0.5) is 22.0 Å². The molecule has 0 spiro atoms. The molecular weight excluding hydrogens is 233 g/mol. The van der Waals surface area contributed by atoms with Gasteiger partial charge in [0.15, 0.2) is 6.61 Å². The molecule has 0 atom stereocenters. The molecule has 0 aromatic carbocycles. The number of hydroxylamine groups is 1. The molecule has 0 saturated heterocycles. The third-order valence-corrected chi connectivity index (χ3v) is 1.00. The number of rotatable bonds is 4. The van der Waals surface area contributed by atoms with Gasteiger partial charge in [-0.25, -0.2) is 10.3 Å². The molecule has 0 heterocycles. The smallest absolute Gasteiger partial charge is 0.463 e. The number of halogens is 5. The fourth-order valence-corrected chi connectivity index (χ4v) is 0.356. The standard InChI is InChI=1S/C5H4F5NO4/c6-4(7,5(8,9)10)3(14)11-15-1-2(12)13/h1H2,(H,11,14)(H,12,13). The molecule has 0 bridgehead atoms. The molecule has 15 heavy (non-hydrogen) atoms. The average molecular weight is 237 g/mol. The van der Waals surface area contributed by atoms with Gasteiger partial charge in [0.25, 0.3) is 0 Å². The van der Waals surface area contributed by atoms with Crippen LogP contribution in [0.15, 0.2) is 0 Å². The molecule has 10 heteroatoms. The Kier molecular flexibility index (Phi) is 3.96. The molecule has 88 valence electrons. The Morgan fingerprint density at radius 1 is 1.20 bits per heavy atom. The Bertz CT molecular complexity index is 263. The fourth-order valence-electron chi connectivity index (χ4n) is 0.356. The average Bonchev–Trinajstić information content (AvgIpc) is 2.01. The minimum Gasteiger partial charge on any atom is -0.479 e. The summed E-state index contributed by atoms with van der Waals surface area (Å²) < 4.78 is 58.6. The van der Waals surface area contributed by atoms with Crippen LogP contribution in [-0.4, -0.2) is 35.7 Å². The number of nitrogens with one attached hydrogen (secondary N) is 1. The van der Waals surface area contributed by atoms with E-state index in [-0.39, 0.29) is 0 Å². The first kappa shape index (κ1) is 13.6. The Labute approximate surface area is 78.8 Å². The Morgan fingerprint density at radius 3 is 2.00 bits per heavy atom. The zero-order valence-corrected chi connectivity index (χ0v) is 6.77. The van der Waals surface area contributed by atoms with E-state index in [4.69, 9.17) is 5.11 Å². The molecule has 0 unspecified atom stereocenters. The predicted octanol–water partition coefficient (Wildman–Crippen LogP) is 0.316. The molecule has 0 aliphatic heterocycles. The van der Waals surface area contributed by atoms with Crippen molar-refractivity contribution in [1.82, 2.24) is 5.48 Å². The maximum atomic E-state index is 12.1. The quantitative estimate of drug-likeness (QED) is 0.545. The van der Waals surface area contributed by atoms with E-state index >= 15 is 0 Å². The summed E-state index contributed by atoms with van der Waals surface area (Å²) in [5, 5.41) is 7.90. The number of carboxylic acids is 1. The first-order chi connectivity index (χ1) is 6.59. The van der Waals surface area contributed by atoms with Crippen LogP contribution in [0.3, 0.4) is 0 Å². The van der Waals surface area contributed by atoms with Crippen LogP contribution in [0.25, 0.3) is 0 Å². The highest BCUT2D eigenvalue weighted by molar-refractivity contribution is 5.83. The number of hydrogen-bond acceptors (Lipinski definition) is 3. The normalized spacial score (nSPS) is 12.3. The molecule has 1 amide bonds. The van der Waals surface area contributed by atoms with Crippen molar-refractivity contribution in [2.75, 3.05) is 6.61 Å². The Hall–Kier alpha value is -1.45. The van der Waals surface area contributed by atoms with E-state index < -0.39 is 30.6 Å². The van der Waals surface area contributed by atoms with Crippen LogP contribution in [0.2, 0.25) is 0 Å². The van der Waals surface area contributed by atoms with Gasteiger partial charge in [0.1, 0.15) is 0 Å². The molecule has 5 nitrogen and oxygen atoms in total. The van der Waals surface area contributed by atoms with E-state index in [2.05, 4.69) is 4.84 Å². The van der Waals surface area contributed by atoms with Crippen molar-refractivity contribution in [3.8, 4) is 0 Å². The number of carbonyl (C=O) groups excluding carboxylic acids is 1. The molecule has 0 rings (SSSR count). The predicted molar refractivity (Wildman–Crippen MR) is 32.7 cm³/mol. The van der Waals surface area contributed by atoms with Crippen molar-refractivity contribution in [3.63, 3.8) is 0 Å². The maximum Gasteiger partial charge on any atom is 0.463 e. The molecular formula is C5H4F5NO4. The number of aliphatic carboxylic acids is 1.